The first-order valence-corrected chi connectivity index (χ1v) is 9.52. The van der Waals surface area contributed by atoms with Gasteiger partial charge in [-0.05, 0) is 30.9 Å². The monoisotopic (exact) mass is 357 g/mol. The minimum Gasteiger partial charge on any atom is -0.341 e. The van der Waals surface area contributed by atoms with Gasteiger partial charge in [0, 0.05) is 19.1 Å². The molecule has 1 aliphatic heterocycles. The SMILES string of the molecule is CC(C)C(NS(=O)(=O)c1ccccc1F)C(=O)N1CCC(N)CC1. The van der Waals surface area contributed by atoms with Crippen LogP contribution in [0.3, 0.4) is 0 Å². The summed E-state index contributed by atoms with van der Waals surface area (Å²) in [6, 6.07) is 4.24. The van der Waals surface area contributed by atoms with Crippen molar-refractivity contribution in [1.29, 1.82) is 0 Å². The zero-order chi connectivity index (χ0) is 17.9. The highest BCUT2D eigenvalue weighted by atomic mass is 32.2. The molecule has 1 heterocycles. The molecule has 1 atom stereocenters. The fraction of sp³-hybridized carbons (Fsp3) is 0.562. The van der Waals surface area contributed by atoms with Gasteiger partial charge in [0.1, 0.15) is 16.8 Å². The lowest BCUT2D eigenvalue weighted by Gasteiger charge is -2.34. The van der Waals surface area contributed by atoms with Crippen molar-refractivity contribution in [1.82, 2.24) is 9.62 Å². The third kappa shape index (κ3) is 4.31. The number of sulfonamides is 1. The van der Waals surface area contributed by atoms with Crippen LogP contribution < -0.4 is 10.5 Å². The fourth-order valence-corrected chi connectivity index (χ4v) is 4.10. The Morgan fingerprint density at radius 2 is 1.88 bits per heavy atom. The van der Waals surface area contributed by atoms with Crippen LogP contribution in [0.5, 0.6) is 0 Å². The number of likely N-dealkylation sites (tertiary alicyclic amines) is 1. The maximum atomic E-state index is 13.8. The maximum absolute atomic E-state index is 13.8. The van der Waals surface area contributed by atoms with Gasteiger partial charge in [0.25, 0.3) is 0 Å². The number of amides is 1. The average molecular weight is 357 g/mol. The van der Waals surface area contributed by atoms with Crippen LogP contribution >= 0.6 is 0 Å². The first-order valence-electron chi connectivity index (χ1n) is 8.03. The van der Waals surface area contributed by atoms with Crippen LogP contribution in [0.1, 0.15) is 26.7 Å². The van der Waals surface area contributed by atoms with Crippen LogP contribution in [0.15, 0.2) is 29.2 Å². The van der Waals surface area contributed by atoms with Crippen LogP contribution in [0, 0.1) is 11.7 Å². The molecule has 0 aliphatic carbocycles. The number of carbonyl (C=O) groups is 1. The van der Waals surface area contributed by atoms with E-state index in [1.165, 1.54) is 18.2 Å². The molecule has 6 nitrogen and oxygen atoms in total. The lowest BCUT2D eigenvalue weighted by atomic mass is 10.0. The topological polar surface area (TPSA) is 92.5 Å². The van der Waals surface area contributed by atoms with E-state index in [1.54, 1.807) is 18.7 Å². The standard InChI is InChI=1S/C16H24FN3O3S/c1-11(2)15(16(21)20-9-7-12(18)8-10-20)19-24(22,23)14-6-4-3-5-13(14)17/h3-6,11-12,15,19H,7-10,18H2,1-2H3. The number of halogens is 1. The van der Waals surface area contributed by atoms with Crippen LogP contribution in [-0.2, 0) is 14.8 Å². The molecule has 0 saturated carbocycles. The minimum atomic E-state index is -4.13. The molecule has 134 valence electrons. The van der Waals surface area contributed by atoms with E-state index in [0.717, 1.165) is 6.07 Å². The highest BCUT2D eigenvalue weighted by Gasteiger charge is 2.33. The summed E-state index contributed by atoms with van der Waals surface area (Å²) in [5.41, 5.74) is 5.84. The number of nitrogens with zero attached hydrogens (tertiary/aromatic N) is 1. The van der Waals surface area contributed by atoms with Crippen molar-refractivity contribution >= 4 is 15.9 Å². The molecule has 1 saturated heterocycles. The molecule has 1 aliphatic rings. The van der Waals surface area contributed by atoms with Gasteiger partial charge in [-0.25, -0.2) is 12.8 Å². The van der Waals surface area contributed by atoms with Crippen LogP contribution in [-0.4, -0.2) is 44.4 Å². The second-order valence-corrected chi connectivity index (χ2v) is 8.12. The van der Waals surface area contributed by atoms with Crippen LogP contribution in [0.4, 0.5) is 4.39 Å². The van der Waals surface area contributed by atoms with Gasteiger partial charge in [-0.15, -0.1) is 0 Å². The van der Waals surface area contributed by atoms with E-state index >= 15 is 0 Å². The highest BCUT2D eigenvalue weighted by molar-refractivity contribution is 7.89. The second kappa shape index (κ2) is 7.58. The molecule has 0 radical (unpaired) electrons. The molecule has 1 aromatic rings. The van der Waals surface area contributed by atoms with Gasteiger partial charge >= 0.3 is 0 Å². The molecule has 1 unspecified atom stereocenters. The zero-order valence-corrected chi connectivity index (χ0v) is 14.7. The summed E-state index contributed by atoms with van der Waals surface area (Å²) in [5.74, 6) is -1.41. The van der Waals surface area contributed by atoms with Gasteiger partial charge in [-0.1, -0.05) is 26.0 Å². The molecule has 2 rings (SSSR count). The lowest BCUT2D eigenvalue weighted by Crippen LogP contribution is -2.54. The Morgan fingerprint density at radius 3 is 2.42 bits per heavy atom. The second-order valence-electron chi connectivity index (χ2n) is 6.44. The van der Waals surface area contributed by atoms with Gasteiger partial charge in [0.05, 0.1) is 0 Å². The third-order valence-electron chi connectivity index (χ3n) is 4.19. The summed E-state index contributed by atoms with van der Waals surface area (Å²) in [6.07, 6.45) is 1.38. The molecule has 24 heavy (non-hydrogen) atoms. The first-order chi connectivity index (χ1) is 11.2. The van der Waals surface area contributed by atoms with E-state index in [-0.39, 0.29) is 17.9 Å². The molecular weight excluding hydrogens is 333 g/mol. The van der Waals surface area contributed by atoms with Gasteiger partial charge in [0.15, 0.2) is 0 Å². The first kappa shape index (κ1) is 18.8. The predicted octanol–water partition coefficient (Wildman–Crippen LogP) is 1.08. The Balaban J connectivity index is 2.19. The molecular formula is C16H24FN3O3S. The summed E-state index contributed by atoms with van der Waals surface area (Å²) >= 11 is 0. The predicted molar refractivity (Wildman–Crippen MR) is 89.1 cm³/mol. The van der Waals surface area contributed by atoms with E-state index in [9.17, 15) is 17.6 Å². The molecule has 3 N–H and O–H groups in total. The van der Waals surface area contributed by atoms with Crippen LogP contribution in [0.25, 0.3) is 0 Å². The van der Waals surface area contributed by atoms with E-state index in [2.05, 4.69) is 4.72 Å². The normalized spacial score (nSPS) is 18.0. The van der Waals surface area contributed by atoms with Crippen molar-refractivity contribution in [2.24, 2.45) is 11.7 Å². The Hall–Kier alpha value is -1.51. The molecule has 8 heteroatoms. The zero-order valence-electron chi connectivity index (χ0n) is 13.9. The number of nitrogens with one attached hydrogen (secondary N) is 1. The molecule has 1 fully saturated rings. The summed E-state index contributed by atoms with van der Waals surface area (Å²) < 4.78 is 41.1. The Kier molecular flexibility index (Phi) is 5.95. The summed E-state index contributed by atoms with van der Waals surface area (Å²) in [6.45, 7) is 4.51. The number of hydrogen-bond acceptors (Lipinski definition) is 4. The number of hydrogen-bond donors (Lipinski definition) is 2. The molecule has 0 spiro atoms. The smallest absolute Gasteiger partial charge is 0.244 e. The molecule has 0 aromatic heterocycles. The van der Waals surface area contributed by atoms with Crippen molar-refractivity contribution in [3.63, 3.8) is 0 Å². The fourth-order valence-electron chi connectivity index (χ4n) is 2.68. The van der Waals surface area contributed by atoms with Gasteiger partial charge in [-0.2, -0.15) is 4.72 Å². The number of rotatable bonds is 5. The average Bonchev–Trinajstić information content (AvgIpc) is 2.53. The minimum absolute atomic E-state index is 0.0710. The number of carbonyl (C=O) groups excluding carboxylic acids is 1. The maximum Gasteiger partial charge on any atom is 0.244 e. The van der Waals surface area contributed by atoms with Crippen molar-refractivity contribution < 1.29 is 17.6 Å². The van der Waals surface area contributed by atoms with Crippen LogP contribution in [0.2, 0.25) is 0 Å². The summed E-state index contributed by atoms with van der Waals surface area (Å²) in [4.78, 5) is 13.9. The Labute approximate surface area is 142 Å². The largest absolute Gasteiger partial charge is 0.341 e. The van der Waals surface area contributed by atoms with Crippen molar-refractivity contribution in [2.45, 2.75) is 43.7 Å². The number of nitrogens with two attached hydrogens (primary N) is 1. The summed E-state index contributed by atoms with van der Waals surface area (Å²) in [7, 11) is -4.13. The van der Waals surface area contributed by atoms with Crippen molar-refractivity contribution in [2.75, 3.05) is 13.1 Å². The van der Waals surface area contributed by atoms with E-state index in [4.69, 9.17) is 5.73 Å². The van der Waals surface area contributed by atoms with Crippen molar-refractivity contribution in [3.8, 4) is 0 Å². The quantitative estimate of drug-likeness (QED) is 0.825. The lowest BCUT2D eigenvalue weighted by molar-refractivity contribution is -0.135. The molecule has 0 bridgehead atoms. The number of piperidine rings is 1. The van der Waals surface area contributed by atoms with Crippen molar-refractivity contribution in [3.05, 3.63) is 30.1 Å². The highest BCUT2D eigenvalue weighted by Crippen LogP contribution is 2.18. The third-order valence-corrected chi connectivity index (χ3v) is 5.67. The number of benzene rings is 1. The van der Waals surface area contributed by atoms with Gasteiger partial charge < -0.3 is 10.6 Å². The van der Waals surface area contributed by atoms with E-state index < -0.39 is 26.8 Å². The van der Waals surface area contributed by atoms with E-state index in [0.29, 0.717) is 25.9 Å². The Bertz CT molecular complexity index is 686. The summed E-state index contributed by atoms with van der Waals surface area (Å²) in [5, 5.41) is 0. The Morgan fingerprint density at radius 1 is 1.29 bits per heavy atom. The van der Waals surface area contributed by atoms with Gasteiger partial charge in [-0.3, -0.25) is 4.79 Å². The molecule has 1 amide bonds. The van der Waals surface area contributed by atoms with Gasteiger partial charge in [0.2, 0.25) is 15.9 Å². The molecule has 1 aromatic carbocycles. The van der Waals surface area contributed by atoms with E-state index in [1.807, 2.05) is 0 Å².